The van der Waals surface area contributed by atoms with E-state index in [4.69, 9.17) is 5.26 Å². The third kappa shape index (κ3) is 4.94. The summed E-state index contributed by atoms with van der Waals surface area (Å²) in [7, 11) is 0. The van der Waals surface area contributed by atoms with E-state index in [2.05, 4.69) is 22.9 Å². The van der Waals surface area contributed by atoms with Crippen LogP contribution in [0.15, 0.2) is 24.3 Å². The van der Waals surface area contributed by atoms with Crippen molar-refractivity contribution in [3.8, 4) is 6.07 Å². The predicted molar refractivity (Wildman–Crippen MR) is 108 cm³/mol. The summed E-state index contributed by atoms with van der Waals surface area (Å²) in [6.07, 6.45) is 2.97. The molecule has 1 amide bonds. The number of hydrogen-bond acceptors (Lipinski definition) is 5. The molecule has 2 heterocycles. The van der Waals surface area contributed by atoms with E-state index < -0.39 is 0 Å². The molecule has 0 aliphatic carbocycles. The summed E-state index contributed by atoms with van der Waals surface area (Å²) in [5, 5.41) is 9.98. The molecule has 3 rings (SSSR count). The molecule has 1 saturated heterocycles. The fraction of sp³-hybridized carbons (Fsp3) is 0.476. The Balaban J connectivity index is 1.60. The molecule has 1 fully saturated rings. The van der Waals surface area contributed by atoms with E-state index in [1.54, 1.807) is 11.3 Å². The molecule has 1 aromatic heterocycles. The maximum absolute atomic E-state index is 13.0. The molecule has 0 bridgehead atoms. The highest BCUT2D eigenvalue weighted by atomic mass is 32.1. The normalized spacial score (nSPS) is 15.4. The van der Waals surface area contributed by atoms with Gasteiger partial charge in [-0.15, -0.1) is 11.3 Å². The van der Waals surface area contributed by atoms with Gasteiger partial charge in [-0.05, 0) is 43.9 Å². The second-order valence-electron chi connectivity index (χ2n) is 7.00. The van der Waals surface area contributed by atoms with Crippen molar-refractivity contribution in [1.29, 1.82) is 5.26 Å². The van der Waals surface area contributed by atoms with Crippen LogP contribution in [-0.4, -0.2) is 46.9 Å². The predicted octanol–water partition coefficient (Wildman–Crippen LogP) is 3.62. The van der Waals surface area contributed by atoms with Crippen molar-refractivity contribution in [1.82, 2.24) is 14.8 Å². The fourth-order valence-corrected chi connectivity index (χ4v) is 4.52. The summed E-state index contributed by atoms with van der Waals surface area (Å²) in [5.74, 6) is 0.132. The average molecular weight is 383 g/mol. The Labute approximate surface area is 165 Å². The van der Waals surface area contributed by atoms with E-state index in [0.717, 1.165) is 67.6 Å². The van der Waals surface area contributed by atoms with E-state index in [-0.39, 0.29) is 5.91 Å². The van der Waals surface area contributed by atoms with Gasteiger partial charge >= 0.3 is 0 Å². The zero-order valence-electron chi connectivity index (χ0n) is 16.1. The SMILES string of the molecule is CCCc1nc(C)c(C(=O)N2CCCN(Cc3ccc(C#N)cc3)CC2)s1. The Morgan fingerprint density at radius 1 is 1.22 bits per heavy atom. The van der Waals surface area contributed by atoms with Gasteiger partial charge in [0.1, 0.15) is 4.88 Å². The average Bonchev–Trinajstić information content (AvgIpc) is 2.89. The molecule has 0 saturated carbocycles. The van der Waals surface area contributed by atoms with E-state index in [1.165, 1.54) is 5.56 Å². The van der Waals surface area contributed by atoms with Crippen molar-refractivity contribution in [3.05, 3.63) is 51.0 Å². The highest BCUT2D eigenvalue weighted by molar-refractivity contribution is 7.13. The molecule has 6 heteroatoms. The first-order valence-corrected chi connectivity index (χ1v) is 10.4. The second-order valence-corrected chi connectivity index (χ2v) is 8.09. The van der Waals surface area contributed by atoms with Gasteiger partial charge in [-0.3, -0.25) is 9.69 Å². The molecule has 1 aromatic carbocycles. The molecule has 1 aliphatic rings. The number of thiazole rings is 1. The Kier molecular flexibility index (Phi) is 6.59. The fourth-order valence-electron chi connectivity index (χ4n) is 3.39. The molecular formula is C21H26N4OS. The first kappa shape index (κ1) is 19.5. The highest BCUT2D eigenvalue weighted by Crippen LogP contribution is 2.22. The lowest BCUT2D eigenvalue weighted by atomic mass is 10.1. The quantitative estimate of drug-likeness (QED) is 0.792. The van der Waals surface area contributed by atoms with Crippen molar-refractivity contribution in [2.45, 2.75) is 39.7 Å². The van der Waals surface area contributed by atoms with Gasteiger partial charge in [0.05, 0.1) is 22.3 Å². The Bertz CT molecular complexity index is 822. The third-order valence-electron chi connectivity index (χ3n) is 4.86. The van der Waals surface area contributed by atoms with Crippen LogP contribution in [0.5, 0.6) is 0 Å². The monoisotopic (exact) mass is 382 g/mol. The summed E-state index contributed by atoms with van der Waals surface area (Å²) in [6, 6.07) is 9.92. The minimum atomic E-state index is 0.132. The summed E-state index contributed by atoms with van der Waals surface area (Å²) in [5.41, 5.74) is 2.76. The molecule has 27 heavy (non-hydrogen) atoms. The Morgan fingerprint density at radius 2 is 2.00 bits per heavy atom. The number of carbonyl (C=O) groups excluding carboxylic acids is 1. The molecule has 0 atom stereocenters. The van der Waals surface area contributed by atoms with Gasteiger partial charge in [0.2, 0.25) is 0 Å². The molecule has 0 spiro atoms. The van der Waals surface area contributed by atoms with Gasteiger partial charge in [-0.2, -0.15) is 5.26 Å². The van der Waals surface area contributed by atoms with Crippen LogP contribution in [0.1, 0.15) is 51.3 Å². The van der Waals surface area contributed by atoms with Crippen LogP contribution in [0.25, 0.3) is 0 Å². The summed E-state index contributed by atoms with van der Waals surface area (Å²) < 4.78 is 0. The first-order valence-electron chi connectivity index (χ1n) is 9.57. The number of aromatic nitrogens is 1. The van der Waals surface area contributed by atoms with Crippen LogP contribution in [0, 0.1) is 18.3 Å². The van der Waals surface area contributed by atoms with Gasteiger partial charge in [0.15, 0.2) is 0 Å². The minimum Gasteiger partial charge on any atom is -0.337 e. The number of hydrogen-bond donors (Lipinski definition) is 0. The van der Waals surface area contributed by atoms with E-state index in [9.17, 15) is 4.79 Å². The van der Waals surface area contributed by atoms with Gasteiger partial charge in [0, 0.05) is 32.7 Å². The van der Waals surface area contributed by atoms with Gasteiger partial charge in [-0.25, -0.2) is 4.98 Å². The van der Waals surface area contributed by atoms with Crippen LogP contribution in [0.3, 0.4) is 0 Å². The molecule has 1 aliphatic heterocycles. The van der Waals surface area contributed by atoms with Crippen molar-refractivity contribution in [3.63, 3.8) is 0 Å². The van der Waals surface area contributed by atoms with Crippen LogP contribution < -0.4 is 0 Å². The lowest BCUT2D eigenvalue weighted by Crippen LogP contribution is -2.35. The van der Waals surface area contributed by atoms with Gasteiger partial charge in [-0.1, -0.05) is 19.1 Å². The van der Waals surface area contributed by atoms with Crippen molar-refractivity contribution in [2.75, 3.05) is 26.2 Å². The number of nitriles is 1. The Hall–Kier alpha value is -2.23. The molecule has 5 nitrogen and oxygen atoms in total. The Morgan fingerprint density at radius 3 is 2.70 bits per heavy atom. The van der Waals surface area contributed by atoms with Gasteiger partial charge in [0.25, 0.3) is 5.91 Å². The lowest BCUT2D eigenvalue weighted by molar-refractivity contribution is 0.0765. The molecule has 142 valence electrons. The molecule has 0 radical (unpaired) electrons. The van der Waals surface area contributed by atoms with Crippen LogP contribution >= 0.6 is 11.3 Å². The second kappa shape index (κ2) is 9.12. The topological polar surface area (TPSA) is 60.2 Å². The van der Waals surface area contributed by atoms with Crippen LogP contribution in [0.4, 0.5) is 0 Å². The largest absolute Gasteiger partial charge is 0.337 e. The summed E-state index contributed by atoms with van der Waals surface area (Å²) >= 11 is 1.56. The maximum atomic E-state index is 13.0. The number of benzene rings is 1. The number of nitrogens with zero attached hydrogens (tertiary/aromatic N) is 4. The first-order chi connectivity index (χ1) is 13.1. The minimum absolute atomic E-state index is 0.132. The van der Waals surface area contributed by atoms with Crippen LogP contribution in [0.2, 0.25) is 0 Å². The zero-order chi connectivity index (χ0) is 19.2. The highest BCUT2D eigenvalue weighted by Gasteiger charge is 2.24. The van der Waals surface area contributed by atoms with E-state index in [1.807, 2.05) is 36.1 Å². The molecule has 0 N–H and O–H groups in total. The summed E-state index contributed by atoms with van der Waals surface area (Å²) in [6.45, 7) is 8.32. The third-order valence-corrected chi connectivity index (χ3v) is 6.07. The number of carbonyl (C=O) groups is 1. The smallest absolute Gasteiger partial charge is 0.265 e. The molecule has 2 aromatic rings. The number of amides is 1. The zero-order valence-corrected chi connectivity index (χ0v) is 16.9. The molecular weight excluding hydrogens is 356 g/mol. The lowest BCUT2D eigenvalue weighted by Gasteiger charge is -2.22. The van der Waals surface area contributed by atoms with Crippen LogP contribution in [-0.2, 0) is 13.0 Å². The van der Waals surface area contributed by atoms with Crippen molar-refractivity contribution >= 4 is 17.2 Å². The van der Waals surface area contributed by atoms with E-state index in [0.29, 0.717) is 5.56 Å². The molecule has 0 unspecified atom stereocenters. The van der Waals surface area contributed by atoms with E-state index >= 15 is 0 Å². The van der Waals surface area contributed by atoms with Gasteiger partial charge < -0.3 is 4.90 Å². The standard InChI is InChI=1S/C21H26N4OS/c1-3-5-19-23-16(2)20(27-19)21(26)25-11-4-10-24(12-13-25)15-18-8-6-17(14-22)7-9-18/h6-9H,3-5,10-13,15H2,1-2H3. The van der Waals surface area contributed by atoms with Crippen molar-refractivity contribution < 1.29 is 4.79 Å². The summed E-state index contributed by atoms with van der Waals surface area (Å²) in [4.78, 5) is 22.7. The number of rotatable bonds is 5. The maximum Gasteiger partial charge on any atom is 0.265 e. The van der Waals surface area contributed by atoms with Crippen molar-refractivity contribution in [2.24, 2.45) is 0 Å². The number of aryl methyl sites for hydroxylation is 2.